The van der Waals surface area contributed by atoms with E-state index in [9.17, 15) is 14.7 Å². The molecule has 2 aromatic rings. The van der Waals surface area contributed by atoms with Crippen LogP contribution in [0.3, 0.4) is 0 Å². The number of aromatic hydroxyl groups is 1. The highest BCUT2D eigenvalue weighted by molar-refractivity contribution is 8.01. The number of nitrogens with one attached hydrogen (secondary N) is 2. The molecule has 0 fully saturated rings. The minimum Gasteiger partial charge on any atom is -0.506 e. The molecule has 0 saturated carbocycles. The fourth-order valence-corrected chi connectivity index (χ4v) is 3.37. The fraction of sp³-hybridized carbons (Fsp3) is 0.333. The van der Waals surface area contributed by atoms with Crippen LogP contribution in [-0.4, -0.2) is 32.9 Å². The third kappa shape index (κ3) is 5.49. The van der Waals surface area contributed by atoms with Crippen molar-refractivity contribution >= 4 is 57.1 Å². The number of anilines is 2. The van der Waals surface area contributed by atoms with Crippen LogP contribution in [0.2, 0.25) is 0 Å². The Hall–Kier alpha value is -2.53. The maximum absolute atomic E-state index is 11.6. The first-order chi connectivity index (χ1) is 12.4. The number of aromatic nitrogens is 2. The summed E-state index contributed by atoms with van der Waals surface area (Å²) in [6.45, 7) is 5.04. The molecule has 0 saturated heterocycles. The number of benzene rings is 1. The SMILES string of the molecule is CCSc1nnc(N=Nc2cc(NC(=O)CC)c(O)cc2NC(C)=O)s1. The Morgan fingerprint density at radius 2 is 1.96 bits per heavy atom. The number of hydrogen-bond acceptors (Lipinski definition) is 9. The van der Waals surface area contributed by atoms with Crippen LogP contribution < -0.4 is 10.6 Å². The van der Waals surface area contributed by atoms with Crippen LogP contribution in [0.1, 0.15) is 27.2 Å². The summed E-state index contributed by atoms with van der Waals surface area (Å²) in [7, 11) is 0. The van der Waals surface area contributed by atoms with Gasteiger partial charge in [0.15, 0.2) is 4.34 Å². The topological polar surface area (TPSA) is 129 Å². The molecule has 1 aromatic heterocycles. The van der Waals surface area contributed by atoms with E-state index in [1.807, 2.05) is 6.92 Å². The largest absolute Gasteiger partial charge is 0.506 e. The Balaban J connectivity index is 2.35. The zero-order valence-corrected chi connectivity index (χ0v) is 16.1. The smallest absolute Gasteiger partial charge is 0.252 e. The molecule has 0 atom stereocenters. The first-order valence-corrected chi connectivity index (χ1v) is 9.55. The van der Waals surface area contributed by atoms with Gasteiger partial charge in [0.25, 0.3) is 5.13 Å². The summed E-state index contributed by atoms with van der Waals surface area (Å²) in [4.78, 5) is 23.0. The molecule has 1 aromatic carbocycles. The molecular formula is C15H18N6O3S2. The van der Waals surface area contributed by atoms with Gasteiger partial charge in [-0.1, -0.05) is 36.9 Å². The highest BCUT2D eigenvalue weighted by Gasteiger charge is 2.13. The molecule has 0 bridgehead atoms. The number of phenols is 1. The van der Waals surface area contributed by atoms with Crippen LogP contribution in [0, 0.1) is 0 Å². The van der Waals surface area contributed by atoms with Crippen molar-refractivity contribution in [3.05, 3.63) is 12.1 Å². The van der Waals surface area contributed by atoms with Crippen molar-refractivity contribution in [3.8, 4) is 5.75 Å². The summed E-state index contributed by atoms with van der Waals surface area (Å²) in [6.07, 6.45) is 0.256. The predicted octanol–water partition coefficient (Wildman–Crippen LogP) is 4.08. The lowest BCUT2D eigenvalue weighted by atomic mass is 10.2. The second kappa shape index (κ2) is 9.25. The molecule has 2 rings (SSSR count). The Kier molecular flexibility index (Phi) is 7.04. The lowest BCUT2D eigenvalue weighted by molar-refractivity contribution is -0.116. The van der Waals surface area contributed by atoms with E-state index in [0.717, 1.165) is 10.1 Å². The third-order valence-corrected chi connectivity index (χ3v) is 4.75. The maximum Gasteiger partial charge on any atom is 0.252 e. The summed E-state index contributed by atoms with van der Waals surface area (Å²) in [5.41, 5.74) is 0.713. The Bertz CT molecular complexity index is 837. The zero-order valence-electron chi connectivity index (χ0n) is 14.4. The normalized spacial score (nSPS) is 10.9. The first-order valence-electron chi connectivity index (χ1n) is 7.75. The molecule has 11 heteroatoms. The van der Waals surface area contributed by atoms with Gasteiger partial charge in [0.1, 0.15) is 11.4 Å². The Labute approximate surface area is 158 Å². The van der Waals surface area contributed by atoms with Crippen LogP contribution in [0.4, 0.5) is 22.2 Å². The molecule has 1 heterocycles. The number of azo groups is 1. The summed E-state index contributed by atoms with van der Waals surface area (Å²) in [5, 5.41) is 31.6. The number of amides is 2. The van der Waals surface area contributed by atoms with E-state index < -0.39 is 0 Å². The van der Waals surface area contributed by atoms with Crippen molar-refractivity contribution < 1.29 is 14.7 Å². The number of phenolic OH excluding ortho intramolecular Hbond substituents is 1. The number of rotatable bonds is 7. The average molecular weight is 394 g/mol. The quantitative estimate of drug-likeness (QED) is 0.369. The monoisotopic (exact) mass is 394 g/mol. The van der Waals surface area contributed by atoms with Crippen LogP contribution in [0.15, 0.2) is 26.7 Å². The van der Waals surface area contributed by atoms with Crippen LogP contribution >= 0.6 is 23.1 Å². The standard InChI is InChI=1S/C15H18N6O3S2/c1-4-13(24)17-11-6-10(9(7-12(11)23)16-8(3)22)18-19-14-20-21-15(26-14)25-5-2/h6-7,23H,4-5H2,1-3H3,(H,16,22)(H,17,24). The third-order valence-electron chi connectivity index (χ3n) is 2.93. The van der Waals surface area contributed by atoms with Crippen molar-refractivity contribution in [3.63, 3.8) is 0 Å². The molecule has 3 N–H and O–H groups in total. The van der Waals surface area contributed by atoms with E-state index in [1.165, 1.54) is 30.4 Å². The molecule has 0 unspecified atom stereocenters. The highest BCUT2D eigenvalue weighted by Crippen LogP contribution is 2.37. The Morgan fingerprint density at radius 3 is 2.62 bits per heavy atom. The molecule has 0 aliphatic carbocycles. The summed E-state index contributed by atoms with van der Waals surface area (Å²) < 4.78 is 0.783. The van der Waals surface area contributed by atoms with E-state index in [2.05, 4.69) is 31.1 Å². The molecule has 9 nitrogen and oxygen atoms in total. The lowest BCUT2D eigenvalue weighted by Gasteiger charge is -2.11. The van der Waals surface area contributed by atoms with Crippen molar-refractivity contribution in [1.82, 2.24) is 10.2 Å². The van der Waals surface area contributed by atoms with Crippen molar-refractivity contribution in [1.29, 1.82) is 0 Å². The minimum atomic E-state index is -0.330. The van der Waals surface area contributed by atoms with Gasteiger partial charge in [-0.05, 0) is 11.8 Å². The molecule has 0 aliphatic heterocycles. The molecule has 0 aliphatic rings. The maximum atomic E-state index is 11.6. The lowest BCUT2D eigenvalue weighted by Crippen LogP contribution is -2.10. The van der Waals surface area contributed by atoms with Gasteiger partial charge in [0.05, 0.1) is 11.4 Å². The number of carbonyl (C=O) groups is 2. The Morgan fingerprint density at radius 1 is 1.19 bits per heavy atom. The van der Waals surface area contributed by atoms with Gasteiger partial charge in [0, 0.05) is 19.4 Å². The highest BCUT2D eigenvalue weighted by atomic mass is 32.2. The van der Waals surface area contributed by atoms with E-state index in [1.54, 1.807) is 18.7 Å². The summed E-state index contributed by atoms with van der Waals surface area (Å²) in [5.74, 6) is 0.0910. The van der Waals surface area contributed by atoms with Crippen molar-refractivity contribution in [2.75, 3.05) is 16.4 Å². The van der Waals surface area contributed by atoms with Crippen LogP contribution in [-0.2, 0) is 9.59 Å². The van der Waals surface area contributed by atoms with E-state index in [-0.39, 0.29) is 41.0 Å². The van der Waals surface area contributed by atoms with Gasteiger partial charge in [-0.3, -0.25) is 9.59 Å². The number of carbonyl (C=O) groups excluding carboxylic acids is 2. The van der Waals surface area contributed by atoms with Crippen LogP contribution in [0.5, 0.6) is 5.75 Å². The van der Waals surface area contributed by atoms with E-state index in [0.29, 0.717) is 5.13 Å². The van der Waals surface area contributed by atoms with Gasteiger partial charge in [-0.25, -0.2) is 0 Å². The van der Waals surface area contributed by atoms with Crippen molar-refractivity contribution in [2.24, 2.45) is 10.2 Å². The molecule has 0 radical (unpaired) electrons. The number of thioether (sulfide) groups is 1. The van der Waals surface area contributed by atoms with E-state index in [4.69, 9.17) is 0 Å². The van der Waals surface area contributed by atoms with Gasteiger partial charge in [-0.15, -0.1) is 20.4 Å². The van der Waals surface area contributed by atoms with E-state index >= 15 is 0 Å². The molecule has 138 valence electrons. The second-order valence-corrected chi connectivity index (χ2v) is 7.42. The van der Waals surface area contributed by atoms with Gasteiger partial charge < -0.3 is 15.7 Å². The van der Waals surface area contributed by atoms with Gasteiger partial charge >= 0.3 is 0 Å². The predicted molar refractivity (Wildman–Crippen MR) is 102 cm³/mol. The van der Waals surface area contributed by atoms with Gasteiger partial charge in [-0.2, -0.15) is 0 Å². The van der Waals surface area contributed by atoms with Gasteiger partial charge in [0.2, 0.25) is 11.8 Å². The van der Waals surface area contributed by atoms with Crippen molar-refractivity contribution in [2.45, 2.75) is 31.5 Å². The zero-order chi connectivity index (χ0) is 19.1. The summed E-state index contributed by atoms with van der Waals surface area (Å²) in [6, 6.07) is 2.74. The number of hydrogen-bond donors (Lipinski definition) is 3. The average Bonchev–Trinajstić information content (AvgIpc) is 3.03. The summed E-state index contributed by atoms with van der Waals surface area (Å²) >= 11 is 2.84. The first kappa shape index (κ1) is 19.8. The van der Waals surface area contributed by atoms with Crippen LogP contribution in [0.25, 0.3) is 0 Å². The molecular weight excluding hydrogens is 376 g/mol. The fourth-order valence-electron chi connectivity index (χ4n) is 1.81. The molecule has 26 heavy (non-hydrogen) atoms. The minimum absolute atomic E-state index is 0.180. The number of nitrogens with zero attached hydrogens (tertiary/aromatic N) is 4. The molecule has 0 spiro atoms. The second-order valence-electron chi connectivity index (χ2n) is 4.95. The molecule has 2 amide bonds.